The molecule has 0 amide bonds. The van der Waals surface area contributed by atoms with E-state index in [0.29, 0.717) is 11.3 Å². The molecule has 0 aliphatic rings. The number of benzene rings is 1. The minimum absolute atomic E-state index is 0.113. The highest BCUT2D eigenvalue weighted by Crippen LogP contribution is 2.13. The zero-order chi connectivity index (χ0) is 12.2. The molecule has 1 atom stereocenters. The minimum Gasteiger partial charge on any atom is -0.398 e. The number of nitrogens with two attached hydrogens (primary N) is 1. The fourth-order valence-corrected chi connectivity index (χ4v) is 2.66. The molecule has 1 rings (SSSR count). The highest BCUT2D eigenvalue weighted by atomic mass is 32.2. The van der Waals surface area contributed by atoms with Gasteiger partial charge in [-0.05, 0) is 18.6 Å². The normalized spacial score (nSPS) is 13.3. The lowest BCUT2D eigenvalue weighted by Gasteiger charge is -2.11. The van der Waals surface area contributed by atoms with Crippen LogP contribution in [0.2, 0.25) is 0 Å². The maximum absolute atomic E-state index is 11.7. The number of sulfonamides is 1. The summed E-state index contributed by atoms with van der Waals surface area (Å²) in [6.45, 7) is 5.24. The third-order valence-electron chi connectivity index (χ3n) is 2.12. The van der Waals surface area contributed by atoms with Crippen LogP contribution in [-0.2, 0) is 15.8 Å². The van der Waals surface area contributed by atoms with Crippen LogP contribution < -0.4 is 10.5 Å². The summed E-state index contributed by atoms with van der Waals surface area (Å²) in [7, 11) is -3.37. The molecule has 0 saturated heterocycles. The first kappa shape index (κ1) is 12.7. The Morgan fingerprint density at radius 1 is 1.50 bits per heavy atom. The average Bonchev–Trinajstić information content (AvgIpc) is 2.20. The molecule has 88 valence electrons. The van der Waals surface area contributed by atoms with Crippen LogP contribution in [0.25, 0.3) is 0 Å². The van der Waals surface area contributed by atoms with Gasteiger partial charge >= 0.3 is 0 Å². The largest absolute Gasteiger partial charge is 0.398 e. The third-order valence-corrected chi connectivity index (χ3v) is 3.54. The first-order valence-corrected chi connectivity index (χ1v) is 6.56. The molecule has 0 radical (unpaired) electrons. The summed E-state index contributed by atoms with van der Waals surface area (Å²) in [5.74, 6) is -0.113. The van der Waals surface area contributed by atoms with Gasteiger partial charge < -0.3 is 5.73 Å². The summed E-state index contributed by atoms with van der Waals surface area (Å²) < 4.78 is 25.9. The van der Waals surface area contributed by atoms with Crippen LogP contribution in [0.5, 0.6) is 0 Å². The van der Waals surface area contributed by atoms with Crippen molar-refractivity contribution < 1.29 is 8.42 Å². The summed E-state index contributed by atoms with van der Waals surface area (Å²) >= 11 is 0. The molecule has 1 unspecified atom stereocenters. The van der Waals surface area contributed by atoms with Crippen molar-refractivity contribution in [2.24, 2.45) is 0 Å². The van der Waals surface area contributed by atoms with Gasteiger partial charge in [-0.2, -0.15) is 0 Å². The number of anilines is 1. The second kappa shape index (κ2) is 5.14. The highest BCUT2D eigenvalue weighted by molar-refractivity contribution is 7.88. The van der Waals surface area contributed by atoms with Crippen LogP contribution in [0, 0.1) is 0 Å². The van der Waals surface area contributed by atoms with E-state index in [1.54, 1.807) is 31.2 Å². The summed E-state index contributed by atoms with van der Waals surface area (Å²) in [4.78, 5) is 0. The Kier molecular flexibility index (Phi) is 4.09. The van der Waals surface area contributed by atoms with Crippen LogP contribution >= 0.6 is 0 Å². The molecule has 0 bridgehead atoms. The van der Waals surface area contributed by atoms with Crippen molar-refractivity contribution in [2.75, 3.05) is 5.73 Å². The Morgan fingerprint density at radius 2 is 2.12 bits per heavy atom. The fourth-order valence-electron chi connectivity index (χ4n) is 1.24. The smallest absolute Gasteiger partial charge is 0.216 e. The van der Waals surface area contributed by atoms with Crippen molar-refractivity contribution in [1.29, 1.82) is 0 Å². The van der Waals surface area contributed by atoms with E-state index < -0.39 is 10.0 Å². The van der Waals surface area contributed by atoms with Gasteiger partial charge in [0.25, 0.3) is 0 Å². The SMILES string of the molecule is C=CC(C)NS(=O)(=O)Cc1ccccc1N. The molecule has 1 aromatic carbocycles. The zero-order valence-electron chi connectivity index (χ0n) is 9.18. The van der Waals surface area contributed by atoms with Gasteiger partial charge in [-0.25, -0.2) is 13.1 Å². The third kappa shape index (κ3) is 3.67. The Balaban J connectivity index is 2.81. The monoisotopic (exact) mass is 240 g/mol. The maximum atomic E-state index is 11.7. The van der Waals surface area contributed by atoms with Gasteiger partial charge in [0.2, 0.25) is 10.0 Å². The summed E-state index contributed by atoms with van der Waals surface area (Å²) in [6, 6.07) is 6.63. The van der Waals surface area contributed by atoms with Crippen molar-refractivity contribution in [2.45, 2.75) is 18.7 Å². The first-order chi connectivity index (χ1) is 7.44. The molecular formula is C11H16N2O2S. The molecule has 5 heteroatoms. The molecule has 0 aliphatic carbocycles. The topological polar surface area (TPSA) is 72.2 Å². The summed E-state index contributed by atoms with van der Waals surface area (Å²) in [5.41, 5.74) is 6.77. The second-order valence-electron chi connectivity index (χ2n) is 3.60. The quantitative estimate of drug-likeness (QED) is 0.601. The highest BCUT2D eigenvalue weighted by Gasteiger charge is 2.14. The van der Waals surface area contributed by atoms with E-state index in [4.69, 9.17) is 5.73 Å². The van der Waals surface area contributed by atoms with Crippen LogP contribution in [0.4, 0.5) is 5.69 Å². The lowest BCUT2D eigenvalue weighted by Crippen LogP contribution is -2.32. The molecule has 1 aromatic rings. The van der Waals surface area contributed by atoms with Crippen molar-refractivity contribution in [3.05, 3.63) is 42.5 Å². The van der Waals surface area contributed by atoms with E-state index in [0.717, 1.165) is 0 Å². The lowest BCUT2D eigenvalue weighted by molar-refractivity contribution is 0.575. The van der Waals surface area contributed by atoms with Gasteiger partial charge in [0.15, 0.2) is 0 Å². The standard InChI is InChI=1S/C11H16N2O2S/c1-3-9(2)13-16(14,15)8-10-6-4-5-7-11(10)12/h3-7,9,13H,1,8,12H2,2H3. The van der Waals surface area contributed by atoms with Gasteiger partial charge in [-0.1, -0.05) is 24.3 Å². The number of nitrogens with one attached hydrogen (secondary N) is 1. The van der Waals surface area contributed by atoms with Crippen LogP contribution in [0.3, 0.4) is 0 Å². The molecule has 0 aromatic heterocycles. The number of hydrogen-bond acceptors (Lipinski definition) is 3. The molecule has 16 heavy (non-hydrogen) atoms. The van der Waals surface area contributed by atoms with E-state index in [1.165, 1.54) is 6.08 Å². The summed E-state index contributed by atoms with van der Waals surface area (Å²) in [6.07, 6.45) is 1.53. The first-order valence-electron chi connectivity index (χ1n) is 4.90. The minimum atomic E-state index is -3.37. The zero-order valence-corrected chi connectivity index (χ0v) is 10.00. The van der Waals surface area contributed by atoms with Crippen molar-refractivity contribution in [3.8, 4) is 0 Å². The predicted molar refractivity (Wildman–Crippen MR) is 66.3 cm³/mol. The Bertz CT molecular complexity index is 469. The Morgan fingerprint density at radius 3 is 2.69 bits per heavy atom. The molecule has 0 saturated carbocycles. The maximum Gasteiger partial charge on any atom is 0.216 e. The number of hydrogen-bond donors (Lipinski definition) is 2. The van der Waals surface area contributed by atoms with Crippen molar-refractivity contribution in [1.82, 2.24) is 4.72 Å². The van der Waals surface area contributed by atoms with Gasteiger partial charge in [0, 0.05) is 11.7 Å². The van der Waals surface area contributed by atoms with Crippen LogP contribution in [-0.4, -0.2) is 14.5 Å². The van der Waals surface area contributed by atoms with E-state index in [2.05, 4.69) is 11.3 Å². The second-order valence-corrected chi connectivity index (χ2v) is 5.35. The van der Waals surface area contributed by atoms with E-state index >= 15 is 0 Å². The number of nitrogen functional groups attached to an aromatic ring is 1. The van der Waals surface area contributed by atoms with Gasteiger partial charge in [0.1, 0.15) is 0 Å². The molecule has 0 heterocycles. The fraction of sp³-hybridized carbons (Fsp3) is 0.273. The van der Waals surface area contributed by atoms with Gasteiger partial charge in [-0.15, -0.1) is 6.58 Å². The Labute approximate surface area is 96.2 Å². The van der Waals surface area contributed by atoms with Crippen LogP contribution in [0.15, 0.2) is 36.9 Å². The summed E-state index contributed by atoms with van der Waals surface area (Å²) in [5, 5.41) is 0. The van der Waals surface area contributed by atoms with Crippen LogP contribution in [0.1, 0.15) is 12.5 Å². The molecule has 3 N–H and O–H groups in total. The van der Waals surface area contributed by atoms with Gasteiger partial charge in [0.05, 0.1) is 5.75 Å². The molecule has 0 aliphatic heterocycles. The van der Waals surface area contributed by atoms with E-state index in [9.17, 15) is 8.42 Å². The number of para-hydroxylation sites is 1. The van der Waals surface area contributed by atoms with E-state index in [1.807, 2.05) is 0 Å². The Hall–Kier alpha value is -1.33. The predicted octanol–water partition coefficient (Wildman–Crippen LogP) is 1.26. The van der Waals surface area contributed by atoms with E-state index in [-0.39, 0.29) is 11.8 Å². The molecule has 0 spiro atoms. The van der Waals surface area contributed by atoms with Crippen molar-refractivity contribution in [3.63, 3.8) is 0 Å². The van der Waals surface area contributed by atoms with Crippen molar-refractivity contribution >= 4 is 15.7 Å². The molecule has 0 fully saturated rings. The number of rotatable bonds is 5. The molecular weight excluding hydrogens is 224 g/mol. The average molecular weight is 240 g/mol. The lowest BCUT2D eigenvalue weighted by atomic mass is 10.2. The molecule has 4 nitrogen and oxygen atoms in total. The van der Waals surface area contributed by atoms with Gasteiger partial charge in [-0.3, -0.25) is 0 Å².